The first-order valence-corrected chi connectivity index (χ1v) is 6.36. The third kappa shape index (κ3) is 3.02. The SMILES string of the molecule is CCC(C#N)C(=O)c1cc(Br)ccc1I. The predicted molar refractivity (Wildman–Crippen MR) is 70.6 cm³/mol. The smallest absolute Gasteiger partial charge is 0.181 e. The van der Waals surface area contributed by atoms with Gasteiger partial charge in [-0.2, -0.15) is 5.26 Å². The monoisotopic (exact) mass is 377 g/mol. The minimum Gasteiger partial charge on any atom is -0.293 e. The topological polar surface area (TPSA) is 40.9 Å². The zero-order valence-corrected chi connectivity index (χ0v) is 11.9. The van der Waals surface area contributed by atoms with Crippen LogP contribution >= 0.6 is 38.5 Å². The molecule has 0 radical (unpaired) electrons. The Hall–Kier alpha value is -0.410. The van der Waals surface area contributed by atoms with E-state index in [1.54, 1.807) is 6.07 Å². The van der Waals surface area contributed by atoms with Crippen LogP contribution in [-0.2, 0) is 0 Å². The second kappa shape index (κ2) is 5.61. The molecule has 0 fully saturated rings. The van der Waals surface area contributed by atoms with Crippen molar-refractivity contribution in [3.63, 3.8) is 0 Å². The highest BCUT2D eigenvalue weighted by Crippen LogP contribution is 2.22. The van der Waals surface area contributed by atoms with Crippen LogP contribution < -0.4 is 0 Å². The van der Waals surface area contributed by atoms with Gasteiger partial charge in [-0.3, -0.25) is 4.79 Å². The van der Waals surface area contributed by atoms with E-state index in [2.05, 4.69) is 38.5 Å². The van der Waals surface area contributed by atoms with Gasteiger partial charge >= 0.3 is 0 Å². The molecular formula is C11H9BrINO. The summed E-state index contributed by atoms with van der Waals surface area (Å²) in [5.74, 6) is -0.626. The molecule has 78 valence electrons. The summed E-state index contributed by atoms with van der Waals surface area (Å²) in [7, 11) is 0. The Bertz CT molecular complexity index is 425. The third-order valence-electron chi connectivity index (χ3n) is 2.07. The lowest BCUT2D eigenvalue weighted by Gasteiger charge is -2.07. The lowest BCUT2D eigenvalue weighted by atomic mass is 9.97. The molecule has 0 aromatic heterocycles. The first-order valence-electron chi connectivity index (χ1n) is 4.49. The number of ketones is 1. The number of hydrogen-bond acceptors (Lipinski definition) is 2. The van der Waals surface area contributed by atoms with Crippen LogP contribution in [0.5, 0.6) is 0 Å². The number of benzene rings is 1. The van der Waals surface area contributed by atoms with Crippen molar-refractivity contribution in [2.24, 2.45) is 5.92 Å². The fourth-order valence-electron chi connectivity index (χ4n) is 1.21. The molecule has 0 saturated heterocycles. The second-order valence-corrected chi connectivity index (χ2v) is 5.16. The Balaban J connectivity index is 3.11. The van der Waals surface area contributed by atoms with Crippen molar-refractivity contribution >= 4 is 44.3 Å². The van der Waals surface area contributed by atoms with Crippen LogP contribution in [-0.4, -0.2) is 5.78 Å². The maximum absolute atomic E-state index is 11.9. The molecule has 0 aliphatic heterocycles. The van der Waals surface area contributed by atoms with Gasteiger partial charge in [-0.05, 0) is 47.2 Å². The van der Waals surface area contributed by atoms with Crippen molar-refractivity contribution in [3.05, 3.63) is 31.8 Å². The minimum atomic E-state index is -0.534. The van der Waals surface area contributed by atoms with Crippen molar-refractivity contribution in [2.45, 2.75) is 13.3 Å². The molecule has 15 heavy (non-hydrogen) atoms. The summed E-state index contributed by atoms with van der Waals surface area (Å²) < 4.78 is 1.74. The highest BCUT2D eigenvalue weighted by Gasteiger charge is 2.19. The van der Waals surface area contributed by atoms with Gasteiger partial charge in [0.25, 0.3) is 0 Å². The molecule has 0 aliphatic carbocycles. The Morgan fingerprint density at radius 1 is 1.67 bits per heavy atom. The first kappa shape index (κ1) is 12.7. The van der Waals surface area contributed by atoms with Gasteiger partial charge in [0, 0.05) is 13.6 Å². The van der Waals surface area contributed by atoms with E-state index in [9.17, 15) is 4.79 Å². The van der Waals surface area contributed by atoms with E-state index in [4.69, 9.17) is 5.26 Å². The van der Waals surface area contributed by atoms with Gasteiger partial charge in [0.05, 0.1) is 6.07 Å². The summed E-state index contributed by atoms with van der Waals surface area (Å²) in [6.45, 7) is 1.84. The fourth-order valence-corrected chi connectivity index (χ4v) is 2.17. The quantitative estimate of drug-likeness (QED) is 0.594. The minimum absolute atomic E-state index is 0.0919. The molecule has 1 rings (SSSR count). The van der Waals surface area contributed by atoms with Crippen molar-refractivity contribution < 1.29 is 4.79 Å². The molecule has 2 nitrogen and oxygen atoms in total. The largest absolute Gasteiger partial charge is 0.293 e. The molecule has 0 saturated carbocycles. The standard InChI is InChI=1S/C11H9BrINO/c1-2-7(6-14)11(15)9-5-8(12)3-4-10(9)13/h3-5,7H,2H2,1H3. The Kier molecular flexibility index (Phi) is 4.74. The maximum atomic E-state index is 11.9. The number of halogens is 2. The molecule has 0 amide bonds. The molecule has 0 N–H and O–H groups in total. The summed E-state index contributed by atoms with van der Waals surface area (Å²) >= 11 is 5.43. The van der Waals surface area contributed by atoms with E-state index in [0.29, 0.717) is 12.0 Å². The van der Waals surface area contributed by atoms with Crippen molar-refractivity contribution in [3.8, 4) is 6.07 Å². The van der Waals surface area contributed by atoms with Gasteiger partial charge in [0.1, 0.15) is 5.92 Å². The van der Waals surface area contributed by atoms with Crippen LogP contribution in [0.1, 0.15) is 23.7 Å². The Morgan fingerprint density at radius 2 is 2.33 bits per heavy atom. The van der Waals surface area contributed by atoms with Gasteiger partial charge in [0.15, 0.2) is 5.78 Å². The average molecular weight is 378 g/mol. The van der Waals surface area contributed by atoms with Gasteiger partial charge in [-0.1, -0.05) is 22.9 Å². The normalized spacial score (nSPS) is 11.9. The number of nitrogens with zero attached hydrogens (tertiary/aromatic N) is 1. The summed E-state index contributed by atoms with van der Waals surface area (Å²) in [5.41, 5.74) is 0.623. The van der Waals surface area contributed by atoms with Gasteiger partial charge in [-0.25, -0.2) is 0 Å². The number of rotatable bonds is 3. The fraction of sp³-hybridized carbons (Fsp3) is 0.273. The van der Waals surface area contributed by atoms with Crippen LogP contribution in [0.15, 0.2) is 22.7 Å². The van der Waals surface area contributed by atoms with E-state index in [-0.39, 0.29) is 5.78 Å². The zero-order valence-electron chi connectivity index (χ0n) is 8.13. The summed E-state index contributed by atoms with van der Waals surface area (Å²) in [6.07, 6.45) is 0.553. The van der Waals surface area contributed by atoms with Crippen LogP contribution in [0.25, 0.3) is 0 Å². The van der Waals surface area contributed by atoms with E-state index < -0.39 is 5.92 Å². The van der Waals surface area contributed by atoms with E-state index in [1.165, 1.54) is 0 Å². The molecule has 4 heteroatoms. The molecular weight excluding hydrogens is 369 g/mol. The number of carbonyl (C=O) groups is 1. The average Bonchev–Trinajstić information content (AvgIpc) is 2.23. The molecule has 1 atom stereocenters. The highest BCUT2D eigenvalue weighted by atomic mass is 127. The third-order valence-corrected chi connectivity index (χ3v) is 3.51. The van der Waals surface area contributed by atoms with Gasteiger partial charge < -0.3 is 0 Å². The summed E-state index contributed by atoms with van der Waals surface area (Å²) in [6, 6.07) is 7.54. The second-order valence-electron chi connectivity index (χ2n) is 3.08. The summed E-state index contributed by atoms with van der Waals surface area (Å²) in [5, 5.41) is 8.83. The number of Topliss-reactive ketones (excluding diaryl/α,β-unsaturated/α-hetero) is 1. The van der Waals surface area contributed by atoms with E-state index in [1.807, 2.05) is 25.1 Å². The van der Waals surface area contributed by atoms with E-state index >= 15 is 0 Å². The lowest BCUT2D eigenvalue weighted by molar-refractivity contribution is 0.0945. The number of carbonyl (C=O) groups excluding carboxylic acids is 1. The Labute approximate surface area is 111 Å². The van der Waals surface area contributed by atoms with Crippen LogP contribution in [0.4, 0.5) is 0 Å². The number of hydrogen-bond donors (Lipinski definition) is 0. The van der Waals surface area contributed by atoms with Crippen LogP contribution in [0.3, 0.4) is 0 Å². The van der Waals surface area contributed by atoms with Crippen molar-refractivity contribution in [2.75, 3.05) is 0 Å². The molecule has 1 aromatic carbocycles. The van der Waals surface area contributed by atoms with Crippen LogP contribution in [0.2, 0.25) is 0 Å². The Morgan fingerprint density at radius 3 is 2.87 bits per heavy atom. The van der Waals surface area contributed by atoms with Crippen molar-refractivity contribution in [1.82, 2.24) is 0 Å². The molecule has 1 aromatic rings. The lowest BCUT2D eigenvalue weighted by Crippen LogP contribution is -2.13. The molecule has 0 spiro atoms. The maximum Gasteiger partial charge on any atom is 0.181 e. The molecule has 1 unspecified atom stereocenters. The van der Waals surface area contributed by atoms with Gasteiger partial charge in [-0.15, -0.1) is 0 Å². The zero-order chi connectivity index (χ0) is 11.4. The molecule has 0 aliphatic rings. The summed E-state index contributed by atoms with van der Waals surface area (Å²) in [4.78, 5) is 11.9. The molecule has 0 bridgehead atoms. The number of nitriles is 1. The van der Waals surface area contributed by atoms with Gasteiger partial charge in [0.2, 0.25) is 0 Å². The highest BCUT2D eigenvalue weighted by molar-refractivity contribution is 14.1. The van der Waals surface area contributed by atoms with Crippen LogP contribution in [0, 0.1) is 20.8 Å². The molecule has 0 heterocycles. The van der Waals surface area contributed by atoms with Crippen molar-refractivity contribution in [1.29, 1.82) is 5.26 Å². The van der Waals surface area contributed by atoms with E-state index in [0.717, 1.165) is 8.04 Å². The predicted octanol–water partition coefficient (Wildman–Crippen LogP) is 3.79. The first-order chi connectivity index (χ1) is 7.10.